The summed E-state index contributed by atoms with van der Waals surface area (Å²) in [6.45, 7) is 4.07. The van der Waals surface area contributed by atoms with E-state index in [4.69, 9.17) is 9.47 Å². The topological polar surface area (TPSA) is 72.8 Å². The van der Waals surface area contributed by atoms with Crippen LogP contribution in [0.4, 0.5) is 22.0 Å². The number of esters is 2. The van der Waals surface area contributed by atoms with Crippen LogP contribution in [0.25, 0.3) is 0 Å². The van der Waals surface area contributed by atoms with Gasteiger partial charge >= 0.3 is 18.1 Å². The summed E-state index contributed by atoms with van der Waals surface area (Å²) < 4.78 is 77.3. The van der Waals surface area contributed by atoms with Crippen LogP contribution < -0.4 is 0 Å². The van der Waals surface area contributed by atoms with E-state index >= 15 is 0 Å². The lowest BCUT2D eigenvalue weighted by Crippen LogP contribution is -2.57. The van der Waals surface area contributed by atoms with Crippen LogP contribution in [-0.2, 0) is 19.1 Å². The maximum absolute atomic E-state index is 14.7. The zero-order valence-corrected chi connectivity index (χ0v) is 19.1. The number of ether oxygens (including phenoxy) is 2. The van der Waals surface area contributed by atoms with E-state index in [1.165, 1.54) is 20.8 Å². The van der Waals surface area contributed by atoms with Crippen LogP contribution in [0.5, 0.6) is 0 Å². The molecule has 0 aromatic carbocycles. The standard InChI is InChI=1S/C18H28BrF5O5/c1-13(2,17(20,21)15(5,6)18(22,23)24)9-28-12(27)16(7,8-25)10-29-11(26)14(3,4)19/h25H,8-10H2,1-7H3. The Balaban J connectivity index is 5.36. The summed E-state index contributed by atoms with van der Waals surface area (Å²) in [5.41, 5.74) is -7.54. The molecule has 0 fully saturated rings. The molecule has 1 unspecified atom stereocenters. The molecule has 1 atom stereocenters. The minimum Gasteiger partial charge on any atom is -0.464 e. The molecule has 0 saturated carbocycles. The molecule has 1 N–H and O–H groups in total. The van der Waals surface area contributed by atoms with E-state index in [2.05, 4.69) is 15.9 Å². The van der Waals surface area contributed by atoms with Gasteiger partial charge in [-0.3, -0.25) is 9.59 Å². The minimum absolute atomic E-state index is 0.371. The molecule has 11 heteroatoms. The summed E-state index contributed by atoms with van der Waals surface area (Å²) in [5.74, 6) is -6.22. The number of carbonyl (C=O) groups excluding carboxylic acids is 2. The molecule has 29 heavy (non-hydrogen) atoms. The van der Waals surface area contributed by atoms with Gasteiger partial charge in [-0.2, -0.15) is 13.2 Å². The number of aliphatic hydroxyl groups excluding tert-OH is 1. The lowest BCUT2D eigenvalue weighted by molar-refractivity contribution is -0.317. The van der Waals surface area contributed by atoms with E-state index in [9.17, 15) is 36.6 Å². The average Bonchev–Trinajstić information content (AvgIpc) is 2.54. The highest BCUT2D eigenvalue weighted by Crippen LogP contribution is 2.56. The molecule has 0 aliphatic rings. The lowest BCUT2D eigenvalue weighted by atomic mass is 9.70. The highest BCUT2D eigenvalue weighted by atomic mass is 79.9. The van der Waals surface area contributed by atoms with Crippen molar-refractivity contribution in [2.45, 2.75) is 64.9 Å². The Kier molecular flexibility index (Phi) is 8.35. The predicted molar refractivity (Wildman–Crippen MR) is 98.7 cm³/mol. The van der Waals surface area contributed by atoms with Crippen molar-refractivity contribution in [3.63, 3.8) is 0 Å². The number of hydrogen-bond donors (Lipinski definition) is 1. The van der Waals surface area contributed by atoms with Gasteiger partial charge in [0, 0.05) is 0 Å². The molecule has 0 aromatic heterocycles. The van der Waals surface area contributed by atoms with Crippen molar-refractivity contribution in [2.75, 3.05) is 19.8 Å². The van der Waals surface area contributed by atoms with Crippen molar-refractivity contribution in [1.82, 2.24) is 0 Å². The summed E-state index contributed by atoms with van der Waals surface area (Å²) in [7, 11) is 0. The molecular formula is C18H28BrF5O5. The van der Waals surface area contributed by atoms with Crippen LogP contribution >= 0.6 is 15.9 Å². The van der Waals surface area contributed by atoms with Gasteiger partial charge in [0.05, 0.1) is 12.0 Å². The summed E-state index contributed by atoms with van der Waals surface area (Å²) in [6, 6.07) is 0. The number of halogens is 6. The lowest BCUT2D eigenvalue weighted by Gasteiger charge is -2.44. The first kappa shape index (κ1) is 28.0. The Morgan fingerprint density at radius 1 is 0.828 bits per heavy atom. The molecule has 0 spiro atoms. The Morgan fingerprint density at radius 2 is 1.24 bits per heavy atom. The molecule has 0 radical (unpaired) electrons. The van der Waals surface area contributed by atoms with Gasteiger partial charge in [0.15, 0.2) is 0 Å². The third-order valence-corrected chi connectivity index (χ3v) is 5.08. The average molecular weight is 499 g/mol. The number of alkyl halides is 6. The second-order valence-electron chi connectivity index (χ2n) is 8.92. The maximum Gasteiger partial charge on any atom is 0.399 e. The fourth-order valence-electron chi connectivity index (χ4n) is 2.10. The van der Waals surface area contributed by atoms with Gasteiger partial charge in [-0.05, 0) is 34.6 Å². The summed E-state index contributed by atoms with van der Waals surface area (Å²) in [6.07, 6.45) is -5.20. The minimum atomic E-state index is -5.20. The molecular weight excluding hydrogens is 471 g/mol. The van der Waals surface area contributed by atoms with Gasteiger partial charge in [-0.1, -0.05) is 29.8 Å². The van der Waals surface area contributed by atoms with Crippen LogP contribution in [0.2, 0.25) is 0 Å². The van der Waals surface area contributed by atoms with Gasteiger partial charge in [-0.25, -0.2) is 8.78 Å². The molecule has 172 valence electrons. The van der Waals surface area contributed by atoms with Gasteiger partial charge < -0.3 is 14.6 Å². The van der Waals surface area contributed by atoms with E-state index in [0.717, 1.165) is 13.8 Å². The second kappa shape index (κ2) is 8.64. The first-order chi connectivity index (χ1) is 12.6. The Labute approximate surface area is 175 Å². The van der Waals surface area contributed by atoms with Gasteiger partial charge in [0.2, 0.25) is 0 Å². The fraction of sp³-hybridized carbons (Fsp3) is 0.889. The quantitative estimate of drug-likeness (QED) is 0.288. The van der Waals surface area contributed by atoms with Crippen LogP contribution in [0, 0.1) is 16.2 Å². The van der Waals surface area contributed by atoms with E-state index in [1.807, 2.05) is 0 Å². The van der Waals surface area contributed by atoms with Crippen molar-refractivity contribution >= 4 is 27.9 Å². The largest absolute Gasteiger partial charge is 0.464 e. The van der Waals surface area contributed by atoms with Crippen LogP contribution in [0.3, 0.4) is 0 Å². The van der Waals surface area contributed by atoms with Crippen LogP contribution in [0.1, 0.15) is 48.5 Å². The first-order valence-electron chi connectivity index (χ1n) is 8.65. The molecule has 0 aliphatic heterocycles. The van der Waals surface area contributed by atoms with Crippen molar-refractivity contribution < 1.29 is 46.1 Å². The molecule has 5 nitrogen and oxygen atoms in total. The summed E-state index contributed by atoms with van der Waals surface area (Å²) in [4.78, 5) is 24.1. The molecule has 0 heterocycles. The highest BCUT2D eigenvalue weighted by molar-refractivity contribution is 9.10. The first-order valence-corrected chi connectivity index (χ1v) is 9.45. The van der Waals surface area contributed by atoms with Crippen molar-refractivity contribution in [1.29, 1.82) is 0 Å². The normalized spacial score (nSPS) is 16.2. The van der Waals surface area contributed by atoms with Gasteiger partial charge in [-0.15, -0.1) is 0 Å². The fourth-order valence-corrected chi connectivity index (χ4v) is 2.21. The predicted octanol–water partition coefficient (Wildman–Crippen LogP) is 4.49. The van der Waals surface area contributed by atoms with E-state index in [-0.39, 0.29) is 0 Å². The van der Waals surface area contributed by atoms with E-state index in [0.29, 0.717) is 13.8 Å². The highest BCUT2D eigenvalue weighted by Gasteiger charge is 2.68. The molecule has 0 bridgehead atoms. The smallest absolute Gasteiger partial charge is 0.399 e. The third-order valence-electron chi connectivity index (χ3n) is 4.76. The maximum atomic E-state index is 14.7. The Morgan fingerprint density at radius 3 is 1.59 bits per heavy atom. The number of rotatable bonds is 9. The van der Waals surface area contributed by atoms with E-state index in [1.54, 1.807) is 0 Å². The zero-order valence-electron chi connectivity index (χ0n) is 17.5. The SMILES string of the molecule is CC(C)(Br)C(=O)OCC(C)(CO)C(=O)OCC(C)(C)C(F)(F)C(C)(C)C(F)(F)F. The Hall–Kier alpha value is -0.970. The van der Waals surface area contributed by atoms with Crippen molar-refractivity contribution in [2.24, 2.45) is 16.2 Å². The molecule has 0 aliphatic carbocycles. The summed E-state index contributed by atoms with van der Waals surface area (Å²) in [5, 5.41) is 9.50. The van der Waals surface area contributed by atoms with Gasteiger partial charge in [0.1, 0.15) is 28.4 Å². The second-order valence-corrected chi connectivity index (χ2v) is 10.9. The zero-order chi connectivity index (χ0) is 23.7. The van der Waals surface area contributed by atoms with Gasteiger partial charge in [0.25, 0.3) is 5.92 Å². The Bertz CT molecular complexity index is 611. The van der Waals surface area contributed by atoms with Crippen molar-refractivity contribution in [3.05, 3.63) is 0 Å². The molecule has 0 saturated heterocycles. The molecule has 0 amide bonds. The number of carbonyl (C=O) groups is 2. The van der Waals surface area contributed by atoms with Crippen molar-refractivity contribution in [3.8, 4) is 0 Å². The molecule has 0 aromatic rings. The summed E-state index contributed by atoms with van der Waals surface area (Å²) >= 11 is 3.06. The van der Waals surface area contributed by atoms with Crippen LogP contribution in [0.15, 0.2) is 0 Å². The number of hydrogen-bond acceptors (Lipinski definition) is 5. The third kappa shape index (κ3) is 6.02. The monoisotopic (exact) mass is 498 g/mol. The molecule has 0 rings (SSSR count). The number of aliphatic hydroxyl groups is 1. The van der Waals surface area contributed by atoms with Crippen LogP contribution in [-0.4, -0.2) is 53.3 Å². The van der Waals surface area contributed by atoms with E-state index < -0.39 is 64.4 Å².